The van der Waals surface area contributed by atoms with E-state index in [1.165, 1.54) is 0 Å². The summed E-state index contributed by atoms with van der Waals surface area (Å²) in [5.74, 6) is 0.290. The van der Waals surface area contributed by atoms with Gasteiger partial charge >= 0.3 is 0 Å². The third-order valence-electron chi connectivity index (χ3n) is 5.63. The molecule has 1 fully saturated rings. The van der Waals surface area contributed by atoms with Crippen molar-refractivity contribution in [1.82, 2.24) is 4.90 Å². The topological polar surface area (TPSA) is 90.5 Å². The molecule has 0 aromatic heterocycles. The lowest BCUT2D eigenvalue weighted by atomic mass is 9.98. The van der Waals surface area contributed by atoms with Crippen molar-refractivity contribution >= 4 is 46.4 Å². The summed E-state index contributed by atoms with van der Waals surface area (Å²) in [7, 11) is 0. The number of carbonyl (C=O) groups is 3. The number of benzene rings is 2. The molecule has 2 aromatic carbocycles. The summed E-state index contributed by atoms with van der Waals surface area (Å²) >= 11 is 6.23. The van der Waals surface area contributed by atoms with Crippen LogP contribution in [-0.2, 0) is 9.59 Å². The van der Waals surface area contributed by atoms with Crippen molar-refractivity contribution in [3.05, 3.63) is 53.1 Å². The zero-order valence-electron chi connectivity index (χ0n) is 19.1. The third kappa shape index (κ3) is 7.22. The second kappa shape index (κ2) is 11.7. The van der Waals surface area contributed by atoms with Gasteiger partial charge in [-0.05, 0) is 61.6 Å². The smallest absolute Gasteiger partial charge is 0.253 e. The van der Waals surface area contributed by atoms with Crippen molar-refractivity contribution in [3.8, 4) is 0 Å². The van der Waals surface area contributed by atoms with E-state index < -0.39 is 0 Å². The Morgan fingerprint density at radius 2 is 1.70 bits per heavy atom. The molecule has 33 heavy (non-hydrogen) atoms. The van der Waals surface area contributed by atoms with E-state index in [1.807, 2.05) is 11.8 Å². The summed E-state index contributed by atoms with van der Waals surface area (Å²) in [6.45, 7) is 5.65. The molecule has 1 aliphatic rings. The van der Waals surface area contributed by atoms with Crippen molar-refractivity contribution in [2.45, 2.75) is 39.5 Å². The second-order valence-electron chi connectivity index (χ2n) is 8.45. The van der Waals surface area contributed by atoms with Crippen LogP contribution in [0.3, 0.4) is 0 Å². The molecule has 0 saturated carbocycles. The van der Waals surface area contributed by atoms with Crippen LogP contribution in [0.1, 0.15) is 49.9 Å². The number of anilines is 3. The van der Waals surface area contributed by atoms with Crippen LogP contribution in [0.4, 0.5) is 17.1 Å². The van der Waals surface area contributed by atoms with Crippen LogP contribution in [0, 0.1) is 5.92 Å². The molecule has 1 saturated heterocycles. The van der Waals surface area contributed by atoms with E-state index in [1.54, 1.807) is 42.5 Å². The van der Waals surface area contributed by atoms with E-state index in [0.717, 1.165) is 32.4 Å². The molecule has 1 aliphatic heterocycles. The van der Waals surface area contributed by atoms with Crippen molar-refractivity contribution < 1.29 is 14.4 Å². The molecule has 0 radical (unpaired) electrons. The number of nitrogens with zero attached hydrogens (tertiary/aromatic N) is 1. The van der Waals surface area contributed by atoms with Gasteiger partial charge in [-0.15, -0.1) is 0 Å². The first-order valence-electron chi connectivity index (χ1n) is 11.4. The molecule has 3 rings (SSSR count). The SMILES string of the molecule is CCCC(=O)Nc1ccc(Cl)c(NCC(=O)Nc2cccc(C(=O)N3CCC(C)CC3)c2)c1. The van der Waals surface area contributed by atoms with Gasteiger partial charge in [0.25, 0.3) is 5.91 Å². The van der Waals surface area contributed by atoms with Crippen LogP contribution in [0.2, 0.25) is 5.02 Å². The molecule has 176 valence electrons. The first-order valence-corrected chi connectivity index (χ1v) is 11.8. The van der Waals surface area contributed by atoms with Crippen LogP contribution in [-0.4, -0.2) is 42.3 Å². The number of piperidine rings is 1. The maximum Gasteiger partial charge on any atom is 0.253 e. The largest absolute Gasteiger partial charge is 0.375 e. The number of halogens is 1. The number of carbonyl (C=O) groups excluding carboxylic acids is 3. The second-order valence-corrected chi connectivity index (χ2v) is 8.86. The van der Waals surface area contributed by atoms with Gasteiger partial charge in [0.15, 0.2) is 0 Å². The van der Waals surface area contributed by atoms with Gasteiger partial charge in [-0.2, -0.15) is 0 Å². The fourth-order valence-corrected chi connectivity index (χ4v) is 3.88. The Bertz CT molecular complexity index is 1000. The number of nitrogens with one attached hydrogen (secondary N) is 3. The predicted molar refractivity (Wildman–Crippen MR) is 133 cm³/mol. The van der Waals surface area contributed by atoms with E-state index in [2.05, 4.69) is 22.9 Å². The summed E-state index contributed by atoms with van der Waals surface area (Å²) in [5.41, 5.74) is 2.28. The monoisotopic (exact) mass is 470 g/mol. The van der Waals surface area contributed by atoms with Crippen molar-refractivity contribution in [1.29, 1.82) is 0 Å². The van der Waals surface area contributed by atoms with Crippen molar-refractivity contribution in [2.75, 3.05) is 35.6 Å². The number of amides is 3. The Kier molecular flexibility index (Phi) is 8.72. The molecule has 0 atom stereocenters. The van der Waals surface area contributed by atoms with Gasteiger partial charge in [-0.1, -0.05) is 31.5 Å². The first kappa shape index (κ1) is 24.6. The van der Waals surface area contributed by atoms with Gasteiger partial charge in [0.2, 0.25) is 11.8 Å². The summed E-state index contributed by atoms with van der Waals surface area (Å²) < 4.78 is 0. The Morgan fingerprint density at radius 1 is 1.00 bits per heavy atom. The molecule has 2 aromatic rings. The predicted octanol–water partition coefficient (Wildman–Crippen LogP) is 5.00. The van der Waals surface area contributed by atoms with Crippen LogP contribution in [0.25, 0.3) is 0 Å². The lowest BCUT2D eigenvalue weighted by molar-refractivity contribution is -0.116. The molecule has 0 aliphatic carbocycles. The summed E-state index contributed by atoms with van der Waals surface area (Å²) in [4.78, 5) is 39.0. The molecule has 7 nitrogen and oxygen atoms in total. The Morgan fingerprint density at radius 3 is 2.42 bits per heavy atom. The fraction of sp³-hybridized carbons (Fsp3) is 0.400. The number of hydrogen-bond acceptors (Lipinski definition) is 4. The van der Waals surface area contributed by atoms with Gasteiger partial charge in [0.05, 0.1) is 17.3 Å². The van der Waals surface area contributed by atoms with Gasteiger partial charge in [-0.3, -0.25) is 14.4 Å². The highest BCUT2D eigenvalue weighted by Gasteiger charge is 2.21. The maximum atomic E-state index is 12.8. The summed E-state index contributed by atoms with van der Waals surface area (Å²) in [6.07, 6.45) is 3.22. The highest BCUT2D eigenvalue weighted by atomic mass is 35.5. The molecular weight excluding hydrogens is 440 g/mol. The van der Waals surface area contributed by atoms with Gasteiger partial charge in [-0.25, -0.2) is 0 Å². The average molecular weight is 471 g/mol. The fourth-order valence-electron chi connectivity index (χ4n) is 3.69. The number of rotatable bonds is 8. The Balaban J connectivity index is 1.56. The standard InChI is InChI=1S/C25H31ClN4O3/c1-3-5-23(31)28-20-8-9-21(26)22(15-20)27-16-24(32)29-19-7-4-6-18(14-19)25(33)30-12-10-17(2)11-13-30/h4,6-9,14-15,17,27H,3,5,10-13,16H2,1-2H3,(H,28,31)(H,29,32). The molecular formula is C25H31ClN4O3. The number of hydrogen-bond donors (Lipinski definition) is 3. The summed E-state index contributed by atoms with van der Waals surface area (Å²) in [5, 5.41) is 9.07. The molecule has 0 spiro atoms. The van der Waals surface area contributed by atoms with E-state index in [9.17, 15) is 14.4 Å². The molecule has 3 amide bonds. The van der Waals surface area contributed by atoms with Gasteiger partial charge < -0.3 is 20.9 Å². The minimum atomic E-state index is -0.275. The Labute approximate surface area is 199 Å². The Hall–Kier alpha value is -3.06. The maximum absolute atomic E-state index is 12.8. The normalized spacial score (nSPS) is 14.0. The zero-order chi connectivity index (χ0) is 23.8. The van der Waals surface area contributed by atoms with E-state index in [4.69, 9.17) is 11.6 Å². The van der Waals surface area contributed by atoms with Crippen LogP contribution in [0.15, 0.2) is 42.5 Å². The highest BCUT2D eigenvalue weighted by Crippen LogP contribution is 2.26. The average Bonchev–Trinajstić information content (AvgIpc) is 2.80. The molecule has 1 heterocycles. The molecule has 8 heteroatoms. The van der Waals surface area contributed by atoms with Gasteiger partial charge in [0, 0.05) is 36.4 Å². The zero-order valence-corrected chi connectivity index (χ0v) is 19.9. The van der Waals surface area contributed by atoms with Crippen LogP contribution in [0.5, 0.6) is 0 Å². The van der Waals surface area contributed by atoms with Crippen LogP contribution >= 0.6 is 11.6 Å². The first-order chi connectivity index (χ1) is 15.9. The van der Waals surface area contributed by atoms with E-state index >= 15 is 0 Å². The van der Waals surface area contributed by atoms with Crippen molar-refractivity contribution in [3.63, 3.8) is 0 Å². The molecule has 3 N–H and O–H groups in total. The minimum Gasteiger partial charge on any atom is -0.375 e. The number of likely N-dealkylation sites (tertiary alicyclic amines) is 1. The highest BCUT2D eigenvalue weighted by molar-refractivity contribution is 6.33. The summed E-state index contributed by atoms with van der Waals surface area (Å²) in [6, 6.07) is 12.1. The van der Waals surface area contributed by atoms with Gasteiger partial charge in [0.1, 0.15) is 0 Å². The van der Waals surface area contributed by atoms with Crippen LogP contribution < -0.4 is 16.0 Å². The lowest BCUT2D eigenvalue weighted by Gasteiger charge is -2.30. The molecule has 0 bridgehead atoms. The lowest BCUT2D eigenvalue weighted by Crippen LogP contribution is -2.37. The van der Waals surface area contributed by atoms with Crippen molar-refractivity contribution in [2.24, 2.45) is 5.92 Å². The third-order valence-corrected chi connectivity index (χ3v) is 5.96. The quantitative estimate of drug-likeness (QED) is 0.506. The minimum absolute atomic E-state index is 0.00941. The molecule has 0 unspecified atom stereocenters. The van der Waals surface area contributed by atoms with E-state index in [-0.39, 0.29) is 24.3 Å². The van der Waals surface area contributed by atoms with E-state index in [0.29, 0.717) is 40.0 Å².